The summed E-state index contributed by atoms with van der Waals surface area (Å²) in [6.45, 7) is 1.91. The Bertz CT molecular complexity index is 398. The maximum Gasteiger partial charge on any atom is 0.0421 e. The van der Waals surface area contributed by atoms with E-state index in [1.165, 1.54) is 30.6 Å². The average Bonchev–Trinajstić information content (AvgIpc) is 2.78. The van der Waals surface area contributed by atoms with Crippen LogP contribution in [0.15, 0.2) is 6.07 Å². The van der Waals surface area contributed by atoms with E-state index < -0.39 is 0 Å². The molecule has 0 fully saturated rings. The van der Waals surface area contributed by atoms with E-state index in [-0.39, 0.29) is 0 Å². The van der Waals surface area contributed by atoms with E-state index in [1.54, 1.807) is 10.4 Å². The summed E-state index contributed by atoms with van der Waals surface area (Å²) in [5.74, 6) is 6.13. The first-order chi connectivity index (χ1) is 8.35. The van der Waals surface area contributed by atoms with Crippen LogP contribution in [-0.2, 0) is 12.8 Å². The van der Waals surface area contributed by atoms with Crippen molar-refractivity contribution in [1.29, 1.82) is 0 Å². The van der Waals surface area contributed by atoms with E-state index in [0.717, 1.165) is 12.8 Å². The maximum absolute atomic E-state index is 3.43. The fraction of sp³-hybridized carbons (Fsp3) is 0.600. The molecule has 92 valence electrons. The molecular formula is C15H21NS. The lowest BCUT2D eigenvalue weighted by Gasteiger charge is -2.12. The molecule has 1 N–H and O–H groups in total. The molecule has 0 aliphatic heterocycles. The van der Waals surface area contributed by atoms with Crippen LogP contribution in [0.3, 0.4) is 0 Å². The van der Waals surface area contributed by atoms with E-state index in [9.17, 15) is 0 Å². The van der Waals surface area contributed by atoms with Crippen LogP contribution in [0, 0.1) is 11.8 Å². The lowest BCUT2D eigenvalue weighted by atomic mass is 9.98. The Morgan fingerprint density at radius 2 is 2.24 bits per heavy atom. The number of rotatable bonds is 4. The summed E-state index contributed by atoms with van der Waals surface area (Å²) < 4.78 is 0. The maximum atomic E-state index is 3.43. The first kappa shape index (κ1) is 12.7. The van der Waals surface area contributed by atoms with Crippen molar-refractivity contribution >= 4 is 11.3 Å². The molecule has 0 radical (unpaired) electrons. The summed E-state index contributed by atoms with van der Waals surface area (Å²) in [7, 11) is 2.06. The van der Waals surface area contributed by atoms with Crippen molar-refractivity contribution in [1.82, 2.24) is 5.32 Å². The van der Waals surface area contributed by atoms with Gasteiger partial charge in [-0.15, -0.1) is 23.2 Å². The molecule has 1 aliphatic rings. The van der Waals surface area contributed by atoms with Crippen LogP contribution in [0.25, 0.3) is 0 Å². The van der Waals surface area contributed by atoms with Gasteiger partial charge < -0.3 is 5.32 Å². The molecule has 1 aromatic heterocycles. The fourth-order valence-corrected chi connectivity index (χ4v) is 3.86. The number of hydrogen-bond acceptors (Lipinski definition) is 2. The van der Waals surface area contributed by atoms with Crippen LogP contribution in [0.4, 0.5) is 0 Å². The lowest BCUT2D eigenvalue weighted by molar-refractivity contribution is 0.567. The number of fused-ring (bicyclic) bond motifs is 1. The molecule has 0 amide bonds. The zero-order chi connectivity index (χ0) is 12.1. The summed E-state index contributed by atoms with van der Waals surface area (Å²) in [6, 6.07) is 2.92. The molecule has 1 heterocycles. The van der Waals surface area contributed by atoms with E-state index in [0.29, 0.717) is 6.04 Å². The molecule has 0 bridgehead atoms. The van der Waals surface area contributed by atoms with Crippen LogP contribution >= 0.6 is 11.3 Å². The largest absolute Gasteiger partial charge is 0.312 e. The van der Waals surface area contributed by atoms with Gasteiger partial charge in [0.25, 0.3) is 0 Å². The summed E-state index contributed by atoms with van der Waals surface area (Å²) in [5, 5.41) is 3.43. The van der Waals surface area contributed by atoms with Gasteiger partial charge in [-0.05, 0) is 57.7 Å². The van der Waals surface area contributed by atoms with Gasteiger partial charge in [-0.25, -0.2) is 0 Å². The second-order valence-corrected chi connectivity index (χ2v) is 5.78. The Kier molecular flexibility index (Phi) is 4.65. The third-order valence-corrected chi connectivity index (χ3v) is 4.79. The van der Waals surface area contributed by atoms with Crippen molar-refractivity contribution in [2.75, 3.05) is 7.05 Å². The third kappa shape index (κ3) is 3.12. The summed E-state index contributed by atoms with van der Waals surface area (Å²) in [4.78, 5) is 3.14. The normalized spacial score (nSPS) is 15.9. The van der Waals surface area contributed by atoms with Crippen LogP contribution in [-0.4, -0.2) is 7.05 Å². The van der Waals surface area contributed by atoms with E-state index in [1.807, 2.05) is 18.3 Å². The van der Waals surface area contributed by atoms with Crippen molar-refractivity contribution in [2.24, 2.45) is 0 Å². The van der Waals surface area contributed by atoms with Crippen molar-refractivity contribution in [3.05, 3.63) is 21.4 Å². The lowest BCUT2D eigenvalue weighted by Crippen LogP contribution is -2.14. The first-order valence-corrected chi connectivity index (χ1v) is 7.35. The highest BCUT2D eigenvalue weighted by molar-refractivity contribution is 7.12. The zero-order valence-electron chi connectivity index (χ0n) is 10.8. The minimum Gasteiger partial charge on any atom is -0.312 e. The molecule has 1 atom stereocenters. The monoisotopic (exact) mass is 247 g/mol. The highest BCUT2D eigenvalue weighted by Crippen LogP contribution is 2.34. The van der Waals surface area contributed by atoms with E-state index >= 15 is 0 Å². The highest BCUT2D eigenvalue weighted by Gasteiger charge is 2.17. The van der Waals surface area contributed by atoms with Crippen LogP contribution < -0.4 is 5.32 Å². The number of thiophene rings is 1. The molecule has 0 spiro atoms. The van der Waals surface area contributed by atoms with Gasteiger partial charge in [0, 0.05) is 22.2 Å². The zero-order valence-corrected chi connectivity index (χ0v) is 11.6. The second kappa shape index (κ2) is 6.23. The van der Waals surface area contributed by atoms with Crippen molar-refractivity contribution < 1.29 is 0 Å². The Morgan fingerprint density at radius 3 is 2.94 bits per heavy atom. The van der Waals surface area contributed by atoms with Crippen molar-refractivity contribution in [3.8, 4) is 11.8 Å². The molecule has 17 heavy (non-hydrogen) atoms. The fourth-order valence-electron chi connectivity index (χ4n) is 2.46. The van der Waals surface area contributed by atoms with Crippen LogP contribution in [0.5, 0.6) is 0 Å². The minimum absolute atomic E-state index is 0.492. The highest BCUT2D eigenvalue weighted by atomic mass is 32.1. The topological polar surface area (TPSA) is 12.0 Å². The van der Waals surface area contributed by atoms with Gasteiger partial charge in [-0.2, -0.15) is 0 Å². The minimum atomic E-state index is 0.492. The smallest absolute Gasteiger partial charge is 0.0421 e. The molecule has 1 nitrogen and oxygen atoms in total. The van der Waals surface area contributed by atoms with Gasteiger partial charge in [0.2, 0.25) is 0 Å². The van der Waals surface area contributed by atoms with Crippen molar-refractivity contribution in [2.45, 2.75) is 51.5 Å². The number of aryl methyl sites for hydroxylation is 2. The van der Waals surface area contributed by atoms with Crippen molar-refractivity contribution in [3.63, 3.8) is 0 Å². The van der Waals surface area contributed by atoms with Gasteiger partial charge >= 0.3 is 0 Å². The first-order valence-electron chi connectivity index (χ1n) is 6.53. The molecule has 0 saturated heterocycles. The average molecular weight is 247 g/mol. The molecule has 2 rings (SSSR count). The standard InChI is InChI=1S/C15H21NS/c1-3-4-5-9-13(16-2)15-11-12-8-6-7-10-14(12)17-15/h11,13,16H,5-10H2,1-2H3. The Labute approximate surface area is 109 Å². The number of nitrogens with one attached hydrogen (secondary N) is 1. The van der Waals surface area contributed by atoms with E-state index in [4.69, 9.17) is 0 Å². The molecule has 0 aromatic carbocycles. The summed E-state index contributed by atoms with van der Waals surface area (Å²) in [6.07, 6.45) is 7.44. The molecular weight excluding hydrogens is 226 g/mol. The quantitative estimate of drug-likeness (QED) is 0.800. The predicted molar refractivity (Wildman–Crippen MR) is 75.4 cm³/mol. The Morgan fingerprint density at radius 1 is 1.41 bits per heavy atom. The van der Waals surface area contributed by atoms with Crippen LogP contribution in [0.2, 0.25) is 0 Å². The molecule has 1 aromatic rings. The van der Waals surface area contributed by atoms with Crippen LogP contribution in [0.1, 0.15) is 54.0 Å². The summed E-state index contributed by atoms with van der Waals surface area (Å²) in [5.41, 5.74) is 1.61. The SMILES string of the molecule is CC#CCCC(NC)c1cc2c(s1)CCCC2. The number of hydrogen-bond donors (Lipinski definition) is 1. The Hall–Kier alpha value is -0.780. The van der Waals surface area contributed by atoms with Gasteiger partial charge in [0.1, 0.15) is 0 Å². The molecule has 1 aliphatic carbocycles. The van der Waals surface area contributed by atoms with Gasteiger partial charge in [-0.3, -0.25) is 0 Å². The molecule has 0 saturated carbocycles. The molecule has 1 unspecified atom stereocenters. The van der Waals surface area contributed by atoms with Gasteiger partial charge in [0.15, 0.2) is 0 Å². The predicted octanol–water partition coefficient (Wildman–Crippen LogP) is 3.69. The van der Waals surface area contributed by atoms with Gasteiger partial charge in [-0.1, -0.05) is 0 Å². The second-order valence-electron chi connectivity index (χ2n) is 4.61. The van der Waals surface area contributed by atoms with E-state index in [2.05, 4.69) is 30.3 Å². The molecule has 2 heteroatoms. The summed E-state index contributed by atoms with van der Waals surface area (Å²) >= 11 is 2.02. The third-order valence-electron chi connectivity index (χ3n) is 3.44. The Balaban J connectivity index is 2.07. The van der Waals surface area contributed by atoms with Gasteiger partial charge in [0.05, 0.1) is 0 Å².